The van der Waals surface area contributed by atoms with Crippen LogP contribution in [0, 0.1) is 5.82 Å². The topological polar surface area (TPSA) is 76.4 Å². The summed E-state index contributed by atoms with van der Waals surface area (Å²) in [4.78, 5) is 11.1. The van der Waals surface area contributed by atoms with E-state index in [9.17, 15) is 17.6 Å². The number of rotatable bonds is 6. The molecule has 0 aliphatic rings. The SMILES string of the molecule is O=C(O)Cc1cccc(-c2cn(S(=O)(=O)c3ccc(F)cc3)cc2-c2ccccc2)c1. The first kappa shape index (κ1) is 20.6. The Morgan fingerprint density at radius 1 is 0.839 bits per heavy atom. The molecule has 0 spiro atoms. The van der Waals surface area contributed by atoms with Crippen molar-refractivity contribution in [3.8, 4) is 22.3 Å². The number of halogens is 1. The molecule has 0 saturated carbocycles. The summed E-state index contributed by atoms with van der Waals surface area (Å²) in [7, 11) is -3.95. The van der Waals surface area contributed by atoms with E-state index in [4.69, 9.17) is 5.11 Å². The number of carboxylic acid groups (broad SMARTS) is 1. The number of hydrogen-bond acceptors (Lipinski definition) is 3. The van der Waals surface area contributed by atoms with Gasteiger partial charge < -0.3 is 5.11 Å². The van der Waals surface area contributed by atoms with Crippen LogP contribution in [-0.2, 0) is 21.2 Å². The number of benzene rings is 3. The Balaban J connectivity index is 1.88. The number of aliphatic carboxylic acids is 1. The summed E-state index contributed by atoms with van der Waals surface area (Å²) in [6, 6.07) is 21.0. The Labute approximate surface area is 179 Å². The molecule has 0 aliphatic carbocycles. The third-order valence-electron chi connectivity index (χ3n) is 4.87. The van der Waals surface area contributed by atoms with Crippen molar-refractivity contribution < 1.29 is 22.7 Å². The maximum atomic E-state index is 13.3. The van der Waals surface area contributed by atoms with Crippen LogP contribution in [0.25, 0.3) is 22.3 Å². The van der Waals surface area contributed by atoms with E-state index < -0.39 is 21.8 Å². The van der Waals surface area contributed by atoms with Crippen LogP contribution in [0.3, 0.4) is 0 Å². The summed E-state index contributed by atoms with van der Waals surface area (Å²) in [6.45, 7) is 0. The molecule has 3 aromatic carbocycles. The molecular formula is C24H18FNO4S. The third kappa shape index (κ3) is 4.27. The lowest BCUT2D eigenvalue weighted by atomic mass is 9.97. The van der Waals surface area contributed by atoms with Gasteiger partial charge in [0.15, 0.2) is 0 Å². The molecule has 0 radical (unpaired) electrons. The van der Waals surface area contributed by atoms with Crippen LogP contribution in [0.5, 0.6) is 0 Å². The van der Waals surface area contributed by atoms with Crippen molar-refractivity contribution in [2.75, 3.05) is 0 Å². The van der Waals surface area contributed by atoms with Crippen molar-refractivity contribution in [2.24, 2.45) is 0 Å². The molecule has 0 bridgehead atoms. The molecule has 0 amide bonds. The molecule has 4 rings (SSSR count). The zero-order chi connectivity index (χ0) is 22.0. The minimum atomic E-state index is -3.95. The zero-order valence-corrected chi connectivity index (χ0v) is 17.1. The van der Waals surface area contributed by atoms with Crippen molar-refractivity contribution in [2.45, 2.75) is 11.3 Å². The van der Waals surface area contributed by atoms with E-state index in [2.05, 4.69) is 0 Å². The van der Waals surface area contributed by atoms with Gasteiger partial charge in [0.25, 0.3) is 10.0 Å². The highest BCUT2D eigenvalue weighted by atomic mass is 32.2. The second kappa shape index (κ2) is 8.20. The van der Waals surface area contributed by atoms with Crippen molar-refractivity contribution >= 4 is 16.0 Å². The fraction of sp³-hybridized carbons (Fsp3) is 0.0417. The number of carboxylic acids is 1. The van der Waals surface area contributed by atoms with E-state index in [0.29, 0.717) is 22.3 Å². The average Bonchev–Trinajstić information content (AvgIpc) is 3.21. The van der Waals surface area contributed by atoms with Crippen LogP contribution in [0.15, 0.2) is 96.2 Å². The molecule has 1 aromatic heterocycles. The van der Waals surface area contributed by atoms with Crippen molar-refractivity contribution in [3.05, 3.63) is 103 Å². The fourth-order valence-electron chi connectivity index (χ4n) is 3.40. The molecule has 31 heavy (non-hydrogen) atoms. The van der Waals surface area contributed by atoms with Gasteiger partial charge in [0.1, 0.15) is 5.82 Å². The summed E-state index contributed by atoms with van der Waals surface area (Å²) in [5, 5.41) is 9.11. The molecule has 1 N–H and O–H groups in total. The van der Waals surface area contributed by atoms with Gasteiger partial charge in [-0.05, 0) is 41.0 Å². The van der Waals surface area contributed by atoms with Gasteiger partial charge in [-0.15, -0.1) is 0 Å². The average molecular weight is 435 g/mol. The van der Waals surface area contributed by atoms with E-state index in [1.165, 1.54) is 24.5 Å². The highest BCUT2D eigenvalue weighted by molar-refractivity contribution is 7.90. The van der Waals surface area contributed by atoms with Crippen molar-refractivity contribution in [1.82, 2.24) is 3.97 Å². The van der Waals surface area contributed by atoms with Crippen LogP contribution in [0.1, 0.15) is 5.56 Å². The maximum Gasteiger partial charge on any atom is 0.307 e. The maximum absolute atomic E-state index is 13.3. The third-order valence-corrected chi connectivity index (χ3v) is 6.50. The first-order chi connectivity index (χ1) is 14.8. The van der Waals surface area contributed by atoms with Gasteiger partial charge in [0.05, 0.1) is 11.3 Å². The van der Waals surface area contributed by atoms with Crippen molar-refractivity contribution in [3.63, 3.8) is 0 Å². The number of carbonyl (C=O) groups is 1. The van der Waals surface area contributed by atoms with Crippen LogP contribution in [0.2, 0.25) is 0 Å². The van der Waals surface area contributed by atoms with Gasteiger partial charge in [-0.3, -0.25) is 4.79 Å². The minimum absolute atomic E-state index is 0.0327. The Bertz CT molecular complexity index is 1340. The van der Waals surface area contributed by atoms with Crippen LogP contribution < -0.4 is 0 Å². The van der Waals surface area contributed by atoms with Gasteiger partial charge in [0, 0.05) is 23.5 Å². The van der Waals surface area contributed by atoms with Gasteiger partial charge in [-0.25, -0.2) is 16.8 Å². The molecule has 0 aliphatic heterocycles. The highest BCUT2D eigenvalue weighted by Crippen LogP contribution is 2.35. The molecule has 5 nitrogen and oxygen atoms in total. The van der Waals surface area contributed by atoms with E-state index in [1.54, 1.807) is 18.2 Å². The lowest BCUT2D eigenvalue weighted by Crippen LogP contribution is -2.10. The first-order valence-electron chi connectivity index (χ1n) is 9.44. The summed E-state index contributed by atoms with van der Waals surface area (Å²) in [5.74, 6) is -1.47. The summed E-state index contributed by atoms with van der Waals surface area (Å²) < 4.78 is 40.7. The van der Waals surface area contributed by atoms with E-state index >= 15 is 0 Å². The molecule has 0 saturated heterocycles. The first-order valence-corrected chi connectivity index (χ1v) is 10.9. The van der Waals surface area contributed by atoms with E-state index in [0.717, 1.165) is 21.7 Å². The monoisotopic (exact) mass is 435 g/mol. The number of nitrogens with zero attached hydrogens (tertiary/aromatic N) is 1. The Kier molecular flexibility index (Phi) is 5.44. The smallest absolute Gasteiger partial charge is 0.307 e. The van der Waals surface area contributed by atoms with Gasteiger partial charge in [-0.1, -0.05) is 54.6 Å². The molecule has 0 atom stereocenters. The van der Waals surface area contributed by atoms with Crippen LogP contribution in [-0.4, -0.2) is 23.5 Å². The zero-order valence-electron chi connectivity index (χ0n) is 16.3. The largest absolute Gasteiger partial charge is 0.481 e. The molecular weight excluding hydrogens is 417 g/mol. The Morgan fingerprint density at radius 3 is 2.10 bits per heavy atom. The lowest BCUT2D eigenvalue weighted by molar-refractivity contribution is -0.136. The van der Waals surface area contributed by atoms with Gasteiger partial charge in [-0.2, -0.15) is 0 Å². The Morgan fingerprint density at radius 2 is 1.45 bits per heavy atom. The second-order valence-corrected chi connectivity index (χ2v) is 8.85. The van der Waals surface area contributed by atoms with Crippen molar-refractivity contribution in [1.29, 1.82) is 0 Å². The summed E-state index contributed by atoms with van der Waals surface area (Å²) in [6.07, 6.45) is 2.89. The lowest BCUT2D eigenvalue weighted by Gasteiger charge is -2.06. The number of hydrogen-bond donors (Lipinski definition) is 1. The molecule has 7 heteroatoms. The molecule has 4 aromatic rings. The molecule has 1 heterocycles. The standard InChI is InChI=1S/C24H18FNO4S/c25-20-9-11-21(12-10-20)31(29,30)26-15-22(18-6-2-1-3-7-18)23(16-26)19-8-4-5-17(13-19)14-24(27)28/h1-13,15-16H,14H2,(H,27,28). The normalized spacial score (nSPS) is 11.4. The quantitative estimate of drug-likeness (QED) is 0.471. The summed E-state index contributed by atoms with van der Waals surface area (Å²) >= 11 is 0. The summed E-state index contributed by atoms with van der Waals surface area (Å²) in [5.41, 5.74) is 3.45. The molecule has 0 unspecified atom stereocenters. The predicted octanol–water partition coefficient (Wildman–Crippen LogP) is 4.83. The predicted molar refractivity (Wildman–Crippen MR) is 116 cm³/mol. The minimum Gasteiger partial charge on any atom is -0.481 e. The molecule has 0 fully saturated rings. The second-order valence-electron chi connectivity index (χ2n) is 7.01. The Hall–Kier alpha value is -3.71. The molecule has 156 valence electrons. The highest BCUT2D eigenvalue weighted by Gasteiger charge is 2.21. The van der Waals surface area contributed by atoms with Gasteiger partial charge in [0.2, 0.25) is 0 Å². The van der Waals surface area contributed by atoms with Crippen LogP contribution >= 0.6 is 0 Å². The fourth-order valence-corrected chi connectivity index (χ4v) is 4.61. The van der Waals surface area contributed by atoms with E-state index in [1.807, 2.05) is 36.4 Å². The van der Waals surface area contributed by atoms with E-state index in [-0.39, 0.29) is 11.3 Å². The van der Waals surface area contributed by atoms with Gasteiger partial charge >= 0.3 is 5.97 Å². The number of aromatic nitrogens is 1. The van der Waals surface area contributed by atoms with Crippen LogP contribution in [0.4, 0.5) is 4.39 Å².